The number of benzene rings is 1. The van der Waals surface area contributed by atoms with Gasteiger partial charge in [-0.1, -0.05) is 6.42 Å². The van der Waals surface area contributed by atoms with E-state index in [1.165, 1.54) is 11.3 Å². The summed E-state index contributed by atoms with van der Waals surface area (Å²) in [6, 6.07) is 3.23. The van der Waals surface area contributed by atoms with Crippen molar-refractivity contribution in [3.8, 4) is 11.3 Å². The fourth-order valence-corrected chi connectivity index (χ4v) is 2.74. The van der Waals surface area contributed by atoms with Crippen LogP contribution in [0.4, 0.5) is 13.9 Å². The summed E-state index contributed by atoms with van der Waals surface area (Å²) in [5, 5.41) is 4.74. The molecule has 0 aliphatic heterocycles. The molecule has 1 aliphatic rings. The molecule has 0 bridgehead atoms. The van der Waals surface area contributed by atoms with E-state index >= 15 is 0 Å². The van der Waals surface area contributed by atoms with Gasteiger partial charge >= 0.3 is 0 Å². The molecule has 20 heavy (non-hydrogen) atoms. The van der Waals surface area contributed by atoms with Gasteiger partial charge in [-0.2, -0.15) is 0 Å². The molecule has 0 unspecified atom stereocenters. The van der Waals surface area contributed by atoms with E-state index in [0.29, 0.717) is 10.8 Å². The predicted molar refractivity (Wildman–Crippen MR) is 73.4 cm³/mol. The molecule has 3 nitrogen and oxygen atoms in total. The first kappa shape index (κ1) is 13.2. The van der Waals surface area contributed by atoms with Crippen molar-refractivity contribution in [2.24, 2.45) is 5.92 Å². The summed E-state index contributed by atoms with van der Waals surface area (Å²) in [6.07, 6.45) is 2.89. The fourth-order valence-electron chi connectivity index (χ4n) is 2.03. The lowest BCUT2D eigenvalue weighted by atomic mass is 9.85. The van der Waals surface area contributed by atoms with Crippen LogP contribution in [-0.4, -0.2) is 10.9 Å². The minimum atomic E-state index is -0.534. The Labute approximate surface area is 118 Å². The van der Waals surface area contributed by atoms with Gasteiger partial charge in [0.15, 0.2) is 5.13 Å². The van der Waals surface area contributed by atoms with Crippen LogP contribution in [0, 0.1) is 17.6 Å². The monoisotopic (exact) mass is 294 g/mol. The lowest BCUT2D eigenvalue weighted by molar-refractivity contribution is -0.122. The van der Waals surface area contributed by atoms with Gasteiger partial charge in [-0.05, 0) is 31.0 Å². The zero-order valence-corrected chi connectivity index (χ0v) is 11.3. The third-order valence-corrected chi connectivity index (χ3v) is 4.17. The number of aromatic nitrogens is 1. The average molecular weight is 294 g/mol. The second-order valence-corrected chi connectivity index (χ2v) is 5.64. The van der Waals surface area contributed by atoms with Gasteiger partial charge in [0, 0.05) is 16.9 Å². The van der Waals surface area contributed by atoms with Crippen LogP contribution in [0.1, 0.15) is 19.3 Å². The zero-order valence-electron chi connectivity index (χ0n) is 10.5. The quantitative estimate of drug-likeness (QED) is 0.935. The maximum atomic E-state index is 13.6. The first-order valence-electron chi connectivity index (χ1n) is 6.35. The highest BCUT2D eigenvalue weighted by Crippen LogP contribution is 2.30. The molecule has 6 heteroatoms. The Bertz CT molecular complexity index is 652. The summed E-state index contributed by atoms with van der Waals surface area (Å²) in [5.41, 5.74) is 0.432. The van der Waals surface area contributed by atoms with E-state index < -0.39 is 11.6 Å². The van der Waals surface area contributed by atoms with Crippen molar-refractivity contribution in [2.45, 2.75) is 19.3 Å². The molecule has 3 rings (SSSR count). The second kappa shape index (κ2) is 5.28. The Hall–Kier alpha value is -1.82. The van der Waals surface area contributed by atoms with Gasteiger partial charge in [0.2, 0.25) is 5.91 Å². The fraction of sp³-hybridized carbons (Fsp3) is 0.286. The van der Waals surface area contributed by atoms with Gasteiger partial charge in [-0.25, -0.2) is 13.8 Å². The van der Waals surface area contributed by atoms with E-state index in [1.54, 1.807) is 5.38 Å². The number of nitrogens with zero attached hydrogens (tertiary/aromatic N) is 1. The summed E-state index contributed by atoms with van der Waals surface area (Å²) < 4.78 is 26.8. The van der Waals surface area contributed by atoms with Gasteiger partial charge in [-0.3, -0.25) is 4.79 Å². The summed E-state index contributed by atoms with van der Waals surface area (Å²) in [4.78, 5) is 15.9. The van der Waals surface area contributed by atoms with Crippen LogP contribution >= 0.6 is 11.3 Å². The van der Waals surface area contributed by atoms with Gasteiger partial charge in [0.05, 0.1) is 5.69 Å². The number of anilines is 1. The molecule has 1 aromatic heterocycles. The van der Waals surface area contributed by atoms with E-state index in [9.17, 15) is 13.6 Å². The molecule has 1 aromatic carbocycles. The Morgan fingerprint density at radius 2 is 2.15 bits per heavy atom. The third-order valence-electron chi connectivity index (χ3n) is 3.41. The molecule has 0 radical (unpaired) electrons. The minimum Gasteiger partial charge on any atom is -0.302 e. The highest BCUT2D eigenvalue weighted by molar-refractivity contribution is 7.14. The number of rotatable bonds is 3. The van der Waals surface area contributed by atoms with Crippen LogP contribution in [0.5, 0.6) is 0 Å². The number of carbonyl (C=O) groups is 1. The molecule has 1 aliphatic carbocycles. The second-order valence-electron chi connectivity index (χ2n) is 4.78. The molecule has 1 fully saturated rings. The number of amides is 1. The van der Waals surface area contributed by atoms with Crippen molar-refractivity contribution in [1.82, 2.24) is 4.98 Å². The SMILES string of the molecule is O=C(Nc1nc(-c2cc(F)ccc2F)cs1)C1CCC1. The molecule has 1 heterocycles. The molecule has 1 N–H and O–H groups in total. The Morgan fingerprint density at radius 3 is 2.85 bits per heavy atom. The van der Waals surface area contributed by atoms with Crippen molar-refractivity contribution in [3.05, 3.63) is 35.2 Å². The predicted octanol–water partition coefficient (Wildman–Crippen LogP) is 3.83. The molecule has 1 amide bonds. The minimum absolute atomic E-state index is 0.0446. The van der Waals surface area contributed by atoms with Crippen LogP contribution in [0.3, 0.4) is 0 Å². The highest BCUT2D eigenvalue weighted by Gasteiger charge is 2.25. The topological polar surface area (TPSA) is 42.0 Å². The normalized spacial score (nSPS) is 14.9. The Balaban J connectivity index is 1.79. The van der Waals surface area contributed by atoms with Crippen LogP contribution in [0.25, 0.3) is 11.3 Å². The lowest BCUT2D eigenvalue weighted by Gasteiger charge is -2.23. The number of thiazole rings is 1. The van der Waals surface area contributed by atoms with Crippen LogP contribution in [-0.2, 0) is 4.79 Å². The van der Waals surface area contributed by atoms with E-state index in [2.05, 4.69) is 10.3 Å². The first-order chi connectivity index (χ1) is 9.63. The standard InChI is InChI=1S/C14H12F2N2OS/c15-9-4-5-11(16)10(6-9)12-7-20-14(17-12)18-13(19)8-2-1-3-8/h4-8H,1-3H2,(H,17,18,19). The molecule has 1 saturated carbocycles. The van der Waals surface area contributed by atoms with Gasteiger partial charge in [-0.15, -0.1) is 11.3 Å². The summed E-state index contributed by atoms with van der Waals surface area (Å²) in [7, 11) is 0. The molecule has 2 aromatic rings. The van der Waals surface area contributed by atoms with E-state index in [-0.39, 0.29) is 17.4 Å². The smallest absolute Gasteiger partial charge is 0.229 e. The maximum absolute atomic E-state index is 13.6. The van der Waals surface area contributed by atoms with E-state index in [0.717, 1.165) is 37.5 Å². The number of hydrogen-bond donors (Lipinski definition) is 1. The van der Waals surface area contributed by atoms with Crippen LogP contribution < -0.4 is 5.32 Å². The van der Waals surface area contributed by atoms with Crippen molar-refractivity contribution in [2.75, 3.05) is 5.32 Å². The molecule has 0 atom stereocenters. The Morgan fingerprint density at radius 1 is 1.35 bits per heavy atom. The number of halogens is 2. The summed E-state index contributed by atoms with van der Waals surface area (Å²) >= 11 is 1.21. The van der Waals surface area contributed by atoms with Crippen LogP contribution in [0.15, 0.2) is 23.6 Å². The molecule has 0 saturated heterocycles. The highest BCUT2D eigenvalue weighted by atomic mass is 32.1. The molecular weight excluding hydrogens is 282 g/mol. The number of nitrogens with one attached hydrogen (secondary N) is 1. The van der Waals surface area contributed by atoms with Gasteiger partial charge in [0.1, 0.15) is 11.6 Å². The maximum Gasteiger partial charge on any atom is 0.229 e. The van der Waals surface area contributed by atoms with Crippen LogP contribution in [0.2, 0.25) is 0 Å². The first-order valence-corrected chi connectivity index (χ1v) is 7.23. The third kappa shape index (κ3) is 2.56. The molecule has 104 valence electrons. The van der Waals surface area contributed by atoms with Crippen molar-refractivity contribution in [3.63, 3.8) is 0 Å². The van der Waals surface area contributed by atoms with E-state index in [1.807, 2.05) is 0 Å². The van der Waals surface area contributed by atoms with Crippen molar-refractivity contribution >= 4 is 22.4 Å². The van der Waals surface area contributed by atoms with Crippen molar-refractivity contribution in [1.29, 1.82) is 0 Å². The molecular formula is C14H12F2N2OS. The summed E-state index contributed by atoms with van der Waals surface area (Å²) in [6.45, 7) is 0. The van der Waals surface area contributed by atoms with Gasteiger partial charge in [0.25, 0.3) is 0 Å². The number of hydrogen-bond acceptors (Lipinski definition) is 3. The lowest BCUT2D eigenvalue weighted by Crippen LogP contribution is -2.27. The van der Waals surface area contributed by atoms with E-state index in [4.69, 9.17) is 0 Å². The average Bonchev–Trinajstić information content (AvgIpc) is 2.78. The summed E-state index contributed by atoms with van der Waals surface area (Å²) in [5.74, 6) is -1.03. The molecule has 0 spiro atoms. The zero-order chi connectivity index (χ0) is 14.1. The largest absolute Gasteiger partial charge is 0.302 e. The number of carbonyl (C=O) groups excluding carboxylic acids is 1. The van der Waals surface area contributed by atoms with Crippen molar-refractivity contribution < 1.29 is 13.6 Å². The Kier molecular flexibility index (Phi) is 3.48. The van der Waals surface area contributed by atoms with Gasteiger partial charge < -0.3 is 5.32 Å².